The molecule has 3 aliphatic rings. The summed E-state index contributed by atoms with van der Waals surface area (Å²) in [5, 5.41) is 0.925. The molecule has 36 heavy (non-hydrogen) atoms. The molecule has 0 unspecified atom stereocenters. The average molecular weight is 540 g/mol. The average Bonchev–Trinajstić information content (AvgIpc) is 3.27. The number of benzene rings is 1. The second-order valence-electron chi connectivity index (χ2n) is 10.4. The Morgan fingerprint density at radius 1 is 0.972 bits per heavy atom. The van der Waals surface area contributed by atoms with E-state index in [2.05, 4.69) is 21.8 Å². The first kappa shape index (κ1) is 27.2. The molecule has 1 aromatic carbocycles. The monoisotopic (exact) mass is 538 g/mol. The van der Waals surface area contributed by atoms with Gasteiger partial charge >= 0.3 is 0 Å². The number of amides is 2. The highest BCUT2D eigenvalue weighted by Gasteiger charge is 2.32. The number of nitrogens with one attached hydrogen (secondary N) is 1. The molecule has 3 heterocycles. The Bertz CT molecular complexity index is 1040. The van der Waals surface area contributed by atoms with Crippen LogP contribution in [-0.4, -0.2) is 101 Å². The van der Waals surface area contributed by atoms with Crippen LogP contribution in [0.4, 0.5) is 0 Å². The summed E-state index contributed by atoms with van der Waals surface area (Å²) in [6.45, 7) is 5.81. The molecule has 0 bridgehead atoms. The van der Waals surface area contributed by atoms with Gasteiger partial charge in [-0.05, 0) is 69.4 Å². The molecule has 1 aromatic heterocycles. The molecule has 200 valence electrons. The van der Waals surface area contributed by atoms with Gasteiger partial charge in [-0.2, -0.15) is 0 Å². The number of nitrogens with zero attached hydrogens (tertiary/aromatic N) is 4. The first-order chi connectivity index (χ1) is 17.0. The van der Waals surface area contributed by atoms with Crippen molar-refractivity contribution < 1.29 is 11.0 Å². The van der Waals surface area contributed by atoms with Gasteiger partial charge in [0.1, 0.15) is 6.54 Å². The largest absolute Gasteiger partial charge is 0.361 e. The van der Waals surface area contributed by atoms with Crippen LogP contribution in [0.5, 0.6) is 0 Å². The van der Waals surface area contributed by atoms with E-state index in [9.17, 15) is 9.59 Å². The topological polar surface area (TPSA) is 62.9 Å². The van der Waals surface area contributed by atoms with E-state index in [0.29, 0.717) is 17.8 Å². The maximum absolute atomic E-state index is 13.7. The number of H-pyrrole nitrogens is 1. The fourth-order valence-electron chi connectivity index (χ4n) is 5.98. The summed E-state index contributed by atoms with van der Waals surface area (Å²) in [7, 11) is 2.19. The number of rotatable bonds is 5. The van der Waals surface area contributed by atoms with Crippen molar-refractivity contribution in [3.63, 3.8) is 0 Å². The van der Waals surface area contributed by atoms with Crippen LogP contribution in [0.3, 0.4) is 0 Å². The molecule has 2 aliphatic heterocycles. The predicted octanol–water partition coefficient (Wildman–Crippen LogP) is 4.02. The van der Waals surface area contributed by atoms with Gasteiger partial charge in [-0.1, -0.05) is 25.3 Å². The second-order valence-corrected chi connectivity index (χ2v) is 10.4. The van der Waals surface area contributed by atoms with Crippen molar-refractivity contribution in [2.75, 3.05) is 52.9 Å². The van der Waals surface area contributed by atoms with E-state index in [1.54, 1.807) is 6.07 Å². The lowest BCUT2D eigenvalue weighted by atomic mass is 9.93. The van der Waals surface area contributed by atoms with E-state index in [0.717, 1.165) is 75.9 Å². The molecule has 1 N–H and O–H groups in total. The van der Waals surface area contributed by atoms with E-state index in [-0.39, 0.29) is 49.2 Å². The summed E-state index contributed by atoms with van der Waals surface area (Å²) in [6, 6.07) is 8.06. The molecule has 0 radical (unpaired) electrons. The summed E-state index contributed by atoms with van der Waals surface area (Å²) in [5.41, 5.74) is 1.38. The summed E-state index contributed by atoms with van der Waals surface area (Å²) in [5.74, 6) is -0.000380. The fourth-order valence-corrected chi connectivity index (χ4v) is 5.98. The molecular formula is C27H41Cl2N5O2. The third-order valence-electron chi connectivity index (χ3n) is 8.19. The Kier molecular flexibility index (Phi) is 9.94. The summed E-state index contributed by atoms with van der Waals surface area (Å²) in [6.07, 6.45) is 8.10. The summed E-state index contributed by atoms with van der Waals surface area (Å²) >= 11 is 0. The van der Waals surface area contributed by atoms with Gasteiger partial charge in [0, 0.05) is 55.5 Å². The highest BCUT2D eigenvalue weighted by atomic mass is 35.5. The van der Waals surface area contributed by atoms with Crippen molar-refractivity contribution in [3.8, 4) is 0 Å². The molecule has 5 rings (SSSR count). The molecule has 1 saturated carbocycles. The summed E-state index contributed by atoms with van der Waals surface area (Å²) < 4.78 is 7.83. The quantitative estimate of drug-likeness (QED) is 0.624. The van der Waals surface area contributed by atoms with E-state index >= 15 is 0 Å². The summed E-state index contributed by atoms with van der Waals surface area (Å²) in [4.78, 5) is 38.9. The standard InChI is InChI=1S/C27H39N5O2.2ClH/c1-29-13-10-23(11-14-29)30-15-17-31(18-16-30)26(33)20-32(24-5-3-2-4-6-24)27(34)22-8-7-21-9-12-28-25(21)19-22;;/h7-9,12,19,23-24,28H,2-6,10-11,13-18,20H2,1H3;2*1H/i12D;;. The first-order valence-electron chi connectivity index (χ1n) is 13.6. The number of piperidine rings is 1. The zero-order chi connectivity index (χ0) is 24.4. The van der Waals surface area contributed by atoms with Crippen LogP contribution in [-0.2, 0) is 4.79 Å². The van der Waals surface area contributed by atoms with Crippen molar-refractivity contribution in [1.29, 1.82) is 0 Å². The smallest absolute Gasteiger partial charge is 0.254 e. The zero-order valence-electron chi connectivity index (χ0n) is 22.3. The molecule has 9 heteroatoms. The number of likely N-dealkylation sites (tertiary alicyclic amines) is 1. The SMILES string of the molecule is Cl.Cl.[2H]c1cc2ccc(C(=O)N(CC(=O)N3CCN(C4CCN(C)CC4)CC3)C3CCCCC3)cc2[nH]1. The molecule has 3 fully saturated rings. The van der Waals surface area contributed by atoms with Gasteiger partial charge < -0.3 is 19.7 Å². The van der Waals surface area contributed by atoms with Gasteiger partial charge in [-0.25, -0.2) is 0 Å². The zero-order valence-corrected chi connectivity index (χ0v) is 22.9. The molecule has 2 aromatic rings. The number of hydrogen-bond donors (Lipinski definition) is 1. The lowest BCUT2D eigenvalue weighted by Crippen LogP contribution is -2.56. The Morgan fingerprint density at radius 3 is 2.36 bits per heavy atom. The third-order valence-corrected chi connectivity index (χ3v) is 8.19. The van der Waals surface area contributed by atoms with Crippen molar-refractivity contribution >= 4 is 47.5 Å². The number of aromatic amines is 1. The van der Waals surface area contributed by atoms with Crippen LogP contribution in [0.2, 0.25) is 0 Å². The lowest BCUT2D eigenvalue weighted by Gasteiger charge is -2.43. The Morgan fingerprint density at radius 2 is 1.67 bits per heavy atom. The number of halogens is 2. The van der Waals surface area contributed by atoms with E-state index in [1.165, 1.54) is 19.3 Å². The third kappa shape index (κ3) is 6.55. The maximum atomic E-state index is 13.7. The van der Waals surface area contributed by atoms with Gasteiger partial charge in [-0.15, -0.1) is 24.8 Å². The number of piperazine rings is 1. The van der Waals surface area contributed by atoms with Gasteiger partial charge in [0.2, 0.25) is 5.91 Å². The minimum Gasteiger partial charge on any atom is -0.361 e. The number of carbonyl (C=O) groups excluding carboxylic acids is 2. The van der Waals surface area contributed by atoms with Crippen LogP contribution >= 0.6 is 24.8 Å². The molecule has 2 saturated heterocycles. The Balaban J connectivity index is 0.00000190. The van der Waals surface area contributed by atoms with Crippen LogP contribution in [0.25, 0.3) is 10.9 Å². The van der Waals surface area contributed by atoms with Crippen molar-refractivity contribution in [2.24, 2.45) is 0 Å². The van der Waals surface area contributed by atoms with E-state index in [1.807, 2.05) is 28.0 Å². The van der Waals surface area contributed by atoms with Crippen molar-refractivity contribution in [3.05, 3.63) is 36.0 Å². The van der Waals surface area contributed by atoms with E-state index < -0.39 is 0 Å². The molecule has 0 atom stereocenters. The number of carbonyl (C=O) groups is 2. The minimum atomic E-state index is -0.0711. The predicted molar refractivity (Wildman–Crippen MR) is 149 cm³/mol. The van der Waals surface area contributed by atoms with Crippen molar-refractivity contribution in [1.82, 2.24) is 24.6 Å². The minimum absolute atomic E-state index is 0. The maximum Gasteiger partial charge on any atom is 0.254 e. The van der Waals surface area contributed by atoms with Gasteiger partial charge in [0.25, 0.3) is 5.91 Å². The molecular weight excluding hydrogens is 497 g/mol. The molecule has 2 amide bonds. The van der Waals surface area contributed by atoms with E-state index in [4.69, 9.17) is 1.37 Å². The number of aromatic nitrogens is 1. The van der Waals surface area contributed by atoms with Crippen LogP contribution in [0.1, 0.15) is 56.7 Å². The Labute approximate surface area is 228 Å². The highest BCUT2D eigenvalue weighted by molar-refractivity contribution is 5.99. The fraction of sp³-hybridized carbons (Fsp3) is 0.630. The molecule has 1 aliphatic carbocycles. The number of fused-ring (bicyclic) bond motifs is 1. The second kappa shape index (κ2) is 13.1. The Hall–Kier alpha value is -1.80. The normalized spacial score (nSPS) is 20.9. The van der Waals surface area contributed by atoms with Gasteiger partial charge in [-0.3, -0.25) is 14.5 Å². The van der Waals surface area contributed by atoms with Crippen LogP contribution < -0.4 is 0 Å². The van der Waals surface area contributed by atoms with Crippen LogP contribution in [0.15, 0.2) is 30.4 Å². The first-order valence-corrected chi connectivity index (χ1v) is 13.1. The van der Waals surface area contributed by atoms with Crippen LogP contribution in [0, 0.1) is 0 Å². The van der Waals surface area contributed by atoms with Gasteiger partial charge in [0.15, 0.2) is 0 Å². The number of hydrogen-bond acceptors (Lipinski definition) is 4. The van der Waals surface area contributed by atoms with Crippen molar-refractivity contribution in [2.45, 2.75) is 57.0 Å². The lowest BCUT2D eigenvalue weighted by molar-refractivity contribution is -0.134. The molecule has 7 nitrogen and oxygen atoms in total. The van der Waals surface area contributed by atoms with Gasteiger partial charge in [0.05, 0.1) is 1.37 Å². The highest BCUT2D eigenvalue weighted by Crippen LogP contribution is 2.25. The molecule has 0 spiro atoms.